The Morgan fingerprint density at radius 3 is 1.22 bits per heavy atom. The quantitative estimate of drug-likeness (QED) is 0.148. The van der Waals surface area contributed by atoms with Gasteiger partial charge in [0.15, 0.2) is 0 Å². The van der Waals surface area contributed by atoms with Crippen LogP contribution < -0.4 is 21.2 Å². The summed E-state index contributed by atoms with van der Waals surface area (Å²) in [5.74, 6) is 0. The van der Waals surface area contributed by atoms with E-state index in [1.54, 1.807) is 0 Å². The zero-order valence-electron chi connectivity index (χ0n) is 21.1. The van der Waals surface area contributed by atoms with Gasteiger partial charge in [-0.25, -0.2) is 0 Å². The molecule has 0 aliphatic rings. The molecule has 0 aliphatic heterocycles. The van der Waals surface area contributed by atoms with Crippen LogP contribution in [-0.2, 0) is 6.42 Å². The predicted molar refractivity (Wildman–Crippen MR) is 160 cm³/mol. The van der Waals surface area contributed by atoms with Gasteiger partial charge in [-0.15, -0.1) is 0 Å². The molecule has 0 heterocycles. The molecule has 0 radical (unpaired) electrons. The van der Waals surface area contributed by atoms with Crippen molar-refractivity contribution in [3.05, 3.63) is 145 Å². The molecule has 0 spiro atoms. The summed E-state index contributed by atoms with van der Waals surface area (Å²) in [5.41, 5.74) is 3.99. The van der Waals surface area contributed by atoms with Crippen molar-refractivity contribution in [3.8, 4) is 11.1 Å². The third-order valence-corrected chi connectivity index (χ3v) is 11.3. The van der Waals surface area contributed by atoms with Crippen molar-refractivity contribution in [1.82, 2.24) is 0 Å². The zero-order chi connectivity index (χ0) is 24.6. The van der Waals surface area contributed by atoms with Crippen molar-refractivity contribution in [2.45, 2.75) is 32.6 Å². The molecule has 5 aromatic carbocycles. The van der Waals surface area contributed by atoms with E-state index in [-0.39, 0.29) is 0 Å². The molecule has 0 N–H and O–H groups in total. The van der Waals surface area contributed by atoms with E-state index < -0.39 is 7.26 Å². The first-order valence-corrected chi connectivity index (χ1v) is 14.9. The zero-order valence-corrected chi connectivity index (χ0v) is 21.9. The van der Waals surface area contributed by atoms with Crippen LogP contribution in [0.1, 0.15) is 31.7 Å². The number of rotatable bonds is 9. The van der Waals surface area contributed by atoms with Crippen molar-refractivity contribution in [3.63, 3.8) is 0 Å². The molecule has 5 aromatic rings. The molecule has 0 saturated heterocycles. The van der Waals surface area contributed by atoms with Crippen LogP contribution in [0.15, 0.2) is 140 Å². The molecule has 36 heavy (non-hydrogen) atoms. The molecule has 1 heteroatoms. The highest BCUT2D eigenvalue weighted by atomic mass is 31.2. The van der Waals surface area contributed by atoms with Gasteiger partial charge in [0, 0.05) is 0 Å². The van der Waals surface area contributed by atoms with Crippen LogP contribution in [0.25, 0.3) is 11.1 Å². The summed E-state index contributed by atoms with van der Waals surface area (Å²) in [6.07, 6.45) is 5.02. The second kappa shape index (κ2) is 11.5. The fourth-order valence-corrected chi connectivity index (χ4v) is 9.41. The Kier molecular flexibility index (Phi) is 7.75. The minimum Gasteiger partial charge on any atom is -0.0654 e. The molecule has 0 saturated carbocycles. The van der Waals surface area contributed by atoms with Gasteiger partial charge in [-0.1, -0.05) is 111 Å². The van der Waals surface area contributed by atoms with Gasteiger partial charge in [0.25, 0.3) is 0 Å². The monoisotopic (exact) mass is 485 g/mol. The van der Waals surface area contributed by atoms with Gasteiger partial charge < -0.3 is 0 Å². The van der Waals surface area contributed by atoms with Gasteiger partial charge in [-0.2, -0.15) is 0 Å². The lowest BCUT2D eigenvalue weighted by molar-refractivity contribution is 0.717. The van der Waals surface area contributed by atoms with Crippen LogP contribution in [0.4, 0.5) is 0 Å². The summed E-state index contributed by atoms with van der Waals surface area (Å²) in [7, 11) is -2.04. The average molecular weight is 486 g/mol. The van der Waals surface area contributed by atoms with Gasteiger partial charge in [-0.05, 0) is 78.1 Å². The van der Waals surface area contributed by atoms with Crippen LogP contribution in [0.5, 0.6) is 0 Å². The highest BCUT2D eigenvalue weighted by molar-refractivity contribution is 8.01. The second-order valence-electron chi connectivity index (χ2n) is 9.38. The van der Waals surface area contributed by atoms with Crippen LogP contribution in [0.2, 0.25) is 0 Å². The highest BCUT2D eigenvalue weighted by Crippen LogP contribution is 2.54. The maximum absolute atomic E-state index is 2.37. The van der Waals surface area contributed by atoms with Crippen molar-refractivity contribution < 1.29 is 0 Å². The first-order chi connectivity index (χ1) is 17.8. The Bertz CT molecular complexity index is 1240. The lowest BCUT2D eigenvalue weighted by atomic mass is 10.0. The Balaban J connectivity index is 1.59. The molecule has 0 unspecified atom stereocenters. The van der Waals surface area contributed by atoms with Gasteiger partial charge in [0.1, 0.15) is 28.5 Å². The van der Waals surface area contributed by atoms with Crippen LogP contribution in [0.3, 0.4) is 0 Å². The highest BCUT2D eigenvalue weighted by Gasteiger charge is 2.47. The molecular weight excluding hydrogens is 451 g/mol. The normalized spacial score (nSPS) is 11.4. The topological polar surface area (TPSA) is 0 Å². The number of benzene rings is 5. The third-order valence-electron chi connectivity index (χ3n) is 7.04. The smallest absolute Gasteiger partial charge is 0.0654 e. The van der Waals surface area contributed by atoms with Crippen molar-refractivity contribution in [2.75, 3.05) is 0 Å². The van der Waals surface area contributed by atoms with Gasteiger partial charge in [-0.3, -0.25) is 0 Å². The summed E-state index contributed by atoms with van der Waals surface area (Å²) in [4.78, 5) is 0. The molecule has 5 rings (SSSR count). The Morgan fingerprint density at radius 2 is 0.806 bits per heavy atom. The molecule has 0 aromatic heterocycles. The summed E-state index contributed by atoms with van der Waals surface area (Å²) >= 11 is 0. The van der Waals surface area contributed by atoms with Gasteiger partial charge in [0.2, 0.25) is 0 Å². The molecule has 0 aliphatic carbocycles. The van der Waals surface area contributed by atoms with Crippen LogP contribution in [-0.4, -0.2) is 0 Å². The van der Waals surface area contributed by atoms with E-state index >= 15 is 0 Å². The van der Waals surface area contributed by atoms with E-state index in [4.69, 9.17) is 0 Å². The number of unbranched alkanes of at least 4 members (excludes halogenated alkanes) is 2. The Labute approximate surface area is 217 Å². The van der Waals surface area contributed by atoms with Gasteiger partial charge in [0.05, 0.1) is 0 Å². The Morgan fingerprint density at radius 1 is 0.417 bits per heavy atom. The lowest BCUT2D eigenvalue weighted by Crippen LogP contribution is -2.38. The summed E-state index contributed by atoms with van der Waals surface area (Å²) in [5, 5.41) is 5.52. The fraction of sp³-hybridized carbons (Fsp3) is 0.143. The number of hydrogen-bond acceptors (Lipinski definition) is 0. The predicted octanol–water partition coefficient (Wildman–Crippen LogP) is 7.71. The SMILES string of the molecule is CCCCCc1ccc(-c2ccc([P+](c3ccccc3)(c3ccccc3)c3ccccc3)cc2)cc1. The minimum atomic E-state index is -2.04. The molecular formula is C35H34P+. The molecule has 0 atom stereocenters. The van der Waals surface area contributed by atoms with Crippen molar-refractivity contribution >= 4 is 28.5 Å². The summed E-state index contributed by atoms with van der Waals surface area (Å²) in [6.45, 7) is 2.26. The molecule has 0 amide bonds. The molecule has 0 nitrogen and oxygen atoms in total. The maximum Gasteiger partial charge on any atom is 0.144 e. The lowest BCUT2D eigenvalue weighted by Gasteiger charge is -2.27. The second-order valence-corrected chi connectivity index (χ2v) is 12.8. The molecule has 178 valence electrons. The summed E-state index contributed by atoms with van der Waals surface area (Å²) in [6, 6.07) is 51.7. The standard InChI is InChI=1S/C35H34P/c1-2-3-7-14-29-21-23-30(24-22-29)31-25-27-35(28-26-31)36(32-15-8-4-9-16-32,33-17-10-5-11-18-33)34-19-12-6-13-20-34/h4-6,8-13,15-28H,2-3,7,14H2,1H3/q+1. The maximum atomic E-state index is 2.37. The number of hydrogen-bond donors (Lipinski definition) is 0. The van der Waals surface area contributed by atoms with Crippen LogP contribution in [0, 0.1) is 0 Å². The minimum absolute atomic E-state index is 1.17. The molecule has 0 fully saturated rings. The van der Waals surface area contributed by atoms with Crippen LogP contribution >= 0.6 is 7.26 Å². The Hall–Kier alpha value is -3.47. The van der Waals surface area contributed by atoms with Gasteiger partial charge >= 0.3 is 0 Å². The fourth-order valence-electron chi connectivity index (χ4n) is 5.17. The average Bonchev–Trinajstić information content (AvgIpc) is 2.96. The molecule has 0 bridgehead atoms. The van der Waals surface area contributed by atoms with E-state index in [9.17, 15) is 0 Å². The van der Waals surface area contributed by atoms with E-state index in [0.29, 0.717) is 0 Å². The van der Waals surface area contributed by atoms with Crippen molar-refractivity contribution in [1.29, 1.82) is 0 Å². The van der Waals surface area contributed by atoms with Crippen molar-refractivity contribution in [2.24, 2.45) is 0 Å². The first-order valence-electron chi connectivity index (χ1n) is 13.1. The first kappa shape index (κ1) is 24.2. The summed E-state index contributed by atoms with van der Waals surface area (Å²) < 4.78 is 0. The van der Waals surface area contributed by atoms with E-state index in [2.05, 4.69) is 146 Å². The van der Waals surface area contributed by atoms with E-state index in [1.165, 1.54) is 63.6 Å². The van der Waals surface area contributed by atoms with E-state index in [1.807, 2.05) is 0 Å². The number of aryl methyl sites for hydroxylation is 1. The largest absolute Gasteiger partial charge is 0.144 e. The van der Waals surface area contributed by atoms with E-state index in [0.717, 1.165) is 0 Å². The third kappa shape index (κ3) is 4.92.